The van der Waals surface area contributed by atoms with Gasteiger partial charge in [-0.25, -0.2) is 0 Å². The molecule has 128 valence electrons. The molecule has 3 unspecified atom stereocenters. The molecule has 0 radical (unpaired) electrons. The van der Waals surface area contributed by atoms with Gasteiger partial charge in [0.05, 0.1) is 12.7 Å². The van der Waals surface area contributed by atoms with Crippen molar-refractivity contribution in [2.75, 3.05) is 26.9 Å². The molecule has 0 spiro atoms. The average molecular weight is 319 g/mol. The molecule has 0 saturated carbocycles. The maximum absolute atomic E-state index is 6.02. The summed E-state index contributed by atoms with van der Waals surface area (Å²) in [5.74, 6) is 0.840. The fraction of sp³-hybridized carbons (Fsp3) is 0.611. The summed E-state index contributed by atoms with van der Waals surface area (Å²) in [6.07, 6.45) is 2.30. The van der Waals surface area contributed by atoms with Crippen molar-refractivity contribution in [3.05, 3.63) is 35.4 Å². The van der Waals surface area contributed by atoms with Gasteiger partial charge in [-0.3, -0.25) is 4.99 Å². The van der Waals surface area contributed by atoms with E-state index in [1.54, 1.807) is 7.11 Å². The normalized spacial score (nSPS) is 23.5. The Morgan fingerprint density at radius 2 is 2.17 bits per heavy atom. The van der Waals surface area contributed by atoms with Crippen molar-refractivity contribution >= 4 is 5.96 Å². The number of nitrogens with two attached hydrogens (primary N) is 1. The lowest BCUT2D eigenvalue weighted by Crippen LogP contribution is -2.41. The van der Waals surface area contributed by atoms with Crippen LogP contribution in [0.2, 0.25) is 0 Å². The Morgan fingerprint density at radius 1 is 1.43 bits per heavy atom. The summed E-state index contributed by atoms with van der Waals surface area (Å²) in [5, 5.41) is 3.14. The first-order valence-electron chi connectivity index (χ1n) is 8.33. The number of nitrogens with one attached hydrogen (secondary N) is 1. The zero-order valence-corrected chi connectivity index (χ0v) is 14.4. The number of aryl methyl sites for hydroxylation is 1. The third-order valence-corrected chi connectivity index (χ3v) is 4.16. The van der Waals surface area contributed by atoms with Gasteiger partial charge in [0.2, 0.25) is 0 Å². The van der Waals surface area contributed by atoms with Crippen molar-refractivity contribution in [2.24, 2.45) is 16.6 Å². The summed E-state index contributed by atoms with van der Waals surface area (Å²) in [6.45, 7) is 6.22. The minimum atomic E-state index is 0.109. The van der Waals surface area contributed by atoms with Crippen LogP contribution in [0.4, 0.5) is 0 Å². The van der Waals surface area contributed by atoms with Crippen molar-refractivity contribution in [1.29, 1.82) is 0 Å². The van der Waals surface area contributed by atoms with Gasteiger partial charge in [0.15, 0.2) is 5.96 Å². The number of nitrogens with zero attached hydrogens (tertiary/aromatic N) is 1. The topological polar surface area (TPSA) is 68.9 Å². The highest BCUT2D eigenvalue weighted by Crippen LogP contribution is 2.33. The fourth-order valence-electron chi connectivity index (χ4n) is 2.96. The minimum absolute atomic E-state index is 0.109. The Kier molecular flexibility index (Phi) is 6.86. The SMILES string of the molecule is COCC(C)NC(N)=NCC1CCCOC1c1ccc(C)cc1. The van der Waals surface area contributed by atoms with E-state index in [1.807, 2.05) is 6.92 Å². The van der Waals surface area contributed by atoms with Gasteiger partial charge >= 0.3 is 0 Å². The van der Waals surface area contributed by atoms with E-state index < -0.39 is 0 Å². The van der Waals surface area contributed by atoms with Gasteiger partial charge in [-0.1, -0.05) is 29.8 Å². The van der Waals surface area contributed by atoms with Gasteiger partial charge in [0.1, 0.15) is 0 Å². The molecule has 1 fully saturated rings. The van der Waals surface area contributed by atoms with Crippen molar-refractivity contribution in [2.45, 2.75) is 38.8 Å². The Balaban J connectivity index is 1.97. The van der Waals surface area contributed by atoms with E-state index in [0.29, 0.717) is 25.0 Å². The molecule has 0 amide bonds. The zero-order chi connectivity index (χ0) is 16.7. The Morgan fingerprint density at radius 3 is 2.87 bits per heavy atom. The molecular weight excluding hydrogens is 290 g/mol. The number of guanidine groups is 1. The summed E-state index contributed by atoms with van der Waals surface area (Å²) < 4.78 is 11.1. The Hall–Kier alpha value is -1.59. The van der Waals surface area contributed by atoms with Gasteiger partial charge in [0.25, 0.3) is 0 Å². The number of ether oxygens (including phenoxy) is 2. The first kappa shape index (κ1) is 17.8. The molecule has 0 aromatic heterocycles. The van der Waals surface area contributed by atoms with E-state index in [4.69, 9.17) is 15.2 Å². The zero-order valence-electron chi connectivity index (χ0n) is 14.4. The Bertz CT molecular complexity index is 501. The van der Waals surface area contributed by atoms with Crippen LogP contribution in [0, 0.1) is 12.8 Å². The molecule has 3 N–H and O–H groups in total. The minimum Gasteiger partial charge on any atom is -0.383 e. The van der Waals surface area contributed by atoms with Crippen LogP contribution in [0.25, 0.3) is 0 Å². The molecule has 3 atom stereocenters. The van der Waals surface area contributed by atoms with Crippen LogP contribution in [0.15, 0.2) is 29.3 Å². The summed E-state index contributed by atoms with van der Waals surface area (Å²) in [7, 11) is 1.68. The first-order valence-corrected chi connectivity index (χ1v) is 8.33. The quantitative estimate of drug-likeness (QED) is 0.624. The molecule has 1 aromatic rings. The molecular formula is C18H29N3O2. The highest BCUT2D eigenvalue weighted by molar-refractivity contribution is 5.78. The Labute approximate surface area is 139 Å². The second-order valence-corrected chi connectivity index (χ2v) is 6.33. The van der Waals surface area contributed by atoms with Crippen molar-refractivity contribution in [3.8, 4) is 0 Å². The van der Waals surface area contributed by atoms with Crippen molar-refractivity contribution < 1.29 is 9.47 Å². The smallest absolute Gasteiger partial charge is 0.188 e. The molecule has 0 bridgehead atoms. The van der Waals surface area contributed by atoms with E-state index in [2.05, 4.69) is 41.5 Å². The summed E-state index contributed by atoms with van der Waals surface area (Å²) >= 11 is 0. The lowest BCUT2D eigenvalue weighted by molar-refractivity contribution is -0.0250. The van der Waals surface area contributed by atoms with E-state index >= 15 is 0 Å². The molecule has 1 aliphatic rings. The highest BCUT2D eigenvalue weighted by atomic mass is 16.5. The standard InChI is InChI=1S/C18H29N3O2/c1-13-6-8-15(9-7-13)17-16(5-4-10-23-17)11-20-18(19)21-14(2)12-22-3/h6-9,14,16-17H,4-5,10-12H2,1-3H3,(H3,19,20,21). The van der Waals surface area contributed by atoms with Gasteiger partial charge in [-0.05, 0) is 32.3 Å². The van der Waals surface area contributed by atoms with Crippen LogP contribution in [-0.2, 0) is 9.47 Å². The van der Waals surface area contributed by atoms with Crippen molar-refractivity contribution in [3.63, 3.8) is 0 Å². The molecule has 2 rings (SSSR count). The lowest BCUT2D eigenvalue weighted by atomic mass is 9.89. The van der Waals surface area contributed by atoms with Crippen molar-refractivity contribution in [1.82, 2.24) is 5.32 Å². The van der Waals surface area contributed by atoms with Crippen LogP contribution < -0.4 is 11.1 Å². The van der Waals surface area contributed by atoms with E-state index in [-0.39, 0.29) is 12.1 Å². The van der Waals surface area contributed by atoms with E-state index in [0.717, 1.165) is 19.4 Å². The van der Waals surface area contributed by atoms with Gasteiger partial charge in [0, 0.05) is 32.2 Å². The largest absolute Gasteiger partial charge is 0.383 e. The number of aliphatic imine (C=N–C) groups is 1. The number of hydrogen-bond acceptors (Lipinski definition) is 3. The third-order valence-electron chi connectivity index (χ3n) is 4.16. The molecule has 1 heterocycles. The predicted octanol–water partition coefficient (Wildman–Crippen LogP) is 2.40. The van der Waals surface area contributed by atoms with Crippen LogP contribution in [0.1, 0.15) is 37.0 Å². The van der Waals surface area contributed by atoms with Crippen LogP contribution in [0.5, 0.6) is 0 Å². The second kappa shape index (κ2) is 8.89. The van der Waals surface area contributed by atoms with Crippen LogP contribution in [0.3, 0.4) is 0 Å². The number of benzene rings is 1. The number of rotatable bonds is 6. The third kappa shape index (κ3) is 5.52. The second-order valence-electron chi connectivity index (χ2n) is 6.33. The molecule has 1 aromatic carbocycles. The predicted molar refractivity (Wildman–Crippen MR) is 93.6 cm³/mol. The summed E-state index contributed by atoms with van der Waals surface area (Å²) in [6, 6.07) is 8.74. The molecule has 5 nitrogen and oxygen atoms in total. The molecule has 1 aliphatic heterocycles. The van der Waals surface area contributed by atoms with Crippen LogP contribution >= 0.6 is 0 Å². The number of methoxy groups -OCH3 is 1. The summed E-state index contributed by atoms with van der Waals surface area (Å²) in [4.78, 5) is 4.51. The van der Waals surface area contributed by atoms with Gasteiger partial charge in [-0.2, -0.15) is 0 Å². The highest BCUT2D eigenvalue weighted by Gasteiger charge is 2.27. The van der Waals surface area contributed by atoms with Gasteiger partial charge < -0.3 is 20.5 Å². The number of hydrogen-bond donors (Lipinski definition) is 2. The molecule has 5 heteroatoms. The molecule has 0 aliphatic carbocycles. The fourth-order valence-corrected chi connectivity index (χ4v) is 2.96. The summed E-state index contributed by atoms with van der Waals surface area (Å²) in [5.41, 5.74) is 8.46. The first-order chi connectivity index (χ1) is 11.1. The van der Waals surface area contributed by atoms with Gasteiger partial charge in [-0.15, -0.1) is 0 Å². The van der Waals surface area contributed by atoms with E-state index in [9.17, 15) is 0 Å². The van der Waals surface area contributed by atoms with E-state index in [1.165, 1.54) is 11.1 Å². The van der Waals surface area contributed by atoms with Crippen LogP contribution in [-0.4, -0.2) is 38.9 Å². The maximum Gasteiger partial charge on any atom is 0.188 e. The monoisotopic (exact) mass is 319 g/mol. The molecule has 23 heavy (non-hydrogen) atoms. The molecule has 1 saturated heterocycles. The lowest BCUT2D eigenvalue weighted by Gasteiger charge is -2.31. The maximum atomic E-state index is 6.02. The average Bonchev–Trinajstić information content (AvgIpc) is 2.54.